The molecule has 0 saturated carbocycles. The summed E-state index contributed by atoms with van der Waals surface area (Å²) in [6.45, 7) is 1.16. The van der Waals surface area contributed by atoms with Gasteiger partial charge in [0.25, 0.3) is 0 Å². The van der Waals surface area contributed by atoms with E-state index >= 15 is 0 Å². The molecule has 1 rings (SSSR count). The second kappa shape index (κ2) is 9.33. The Morgan fingerprint density at radius 2 is 2.25 bits per heavy atom. The minimum Gasteiger partial charge on any atom is -0.480 e. The molecule has 136 valence electrons. The lowest BCUT2D eigenvalue weighted by molar-refractivity contribution is -0.138. The number of carboxylic acid groups (broad SMARTS) is 1. The Morgan fingerprint density at radius 3 is 2.79 bits per heavy atom. The molecule has 0 fully saturated rings. The molecule has 1 heterocycles. The van der Waals surface area contributed by atoms with Gasteiger partial charge in [0.2, 0.25) is 0 Å². The van der Waals surface area contributed by atoms with E-state index in [9.17, 15) is 14.2 Å². The number of carbonyl (C=O) groups is 2. The highest BCUT2D eigenvalue weighted by Crippen LogP contribution is 2.37. The number of ketones is 1. The third-order valence-corrected chi connectivity index (χ3v) is 4.46. The molecule has 0 aromatic carbocycles. The molecule has 0 aliphatic carbocycles. The van der Waals surface area contributed by atoms with Gasteiger partial charge in [0.05, 0.1) is 18.6 Å². The van der Waals surface area contributed by atoms with Crippen molar-refractivity contribution in [3.63, 3.8) is 0 Å². The number of aliphatic imine (C=N–C) groups is 1. The lowest BCUT2D eigenvalue weighted by Gasteiger charge is -2.25. The summed E-state index contributed by atoms with van der Waals surface area (Å²) >= 11 is 1.49. The summed E-state index contributed by atoms with van der Waals surface area (Å²) in [5, 5.41) is 11.9. The summed E-state index contributed by atoms with van der Waals surface area (Å²) in [7, 11) is -4.68. The van der Waals surface area contributed by atoms with Crippen LogP contribution in [0.4, 0.5) is 0 Å². The SMILES string of the molecule is CSCCC(N=CC1C(=O)C(C)NC=C1COP(=O)(O)O)C(=O)O. The van der Waals surface area contributed by atoms with E-state index < -0.39 is 38.4 Å². The van der Waals surface area contributed by atoms with Crippen LogP contribution in [-0.2, 0) is 18.7 Å². The predicted molar refractivity (Wildman–Crippen MR) is 90.1 cm³/mol. The summed E-state index contributed by atoms with van der Waals surface area (Å²) in [4.78, 5) is 45.0. The average Bonchev–Trinajstić information content (AvgIpc) is 2.48. The van der Waals surface area contributed by atoms with Gasteiger partial charge in [-0.2, -0.15) is 11.8 Å². The topological polar surface area (TPSA) is 146 Å². The third kappa shape index (κ3) is 6.74. The second-order valence-electron chi connectivity index (χ2n) is 5.19. The van der Waals surface area contributed by atoms with E-state index in [2.05, 4.69) is 14.8 Å². The number of nitrogens with zero attached hydrogens (tertiary/aromatic N) is 1. The summed E-state index contributed by atoms with van der Waals surface area (Å²) in [6.07, 6.45) is 4.84. The van der Waals surface area contributed by atoms with Crippen LogP contribution in [0.25, 0.3) is 0 Å². The van der Waals surface area contributed by atoms with Crippen LogP contribution in [0.1, 0.15) is 13.3 Å². The van der Waals surface area contributed by atoms with Crippen molar-refractivity contribution in [2.24, 2.45) is 10.9 Å². The molecular formula is C13H21N2O7PS. The largest absolute Gasteiger partial charge is 0.480 e. The van der Waals surface area contributed by atoms with Gasteiger partial charge in [0, 0.05) is 6.21 Å². The first-order chi connectivity index (χ1) is 11.2. The van der Waals surface area contributed by atoms with Gasteiger partial charge in [0.15, 0.2) is 5.78 Å². The third-order valence-electron chi connectivity index (χ3n) is 3.35. The van der Waals surface area contributed by atoms with Crippen molar-refractivity contribution in [1.29, 1.82) is 0 Å². The number of hydrogen-bond donors (Lipinski definition) is 4. The van der Waals surface area contributed by atoms with Gasteiger partial charge in [0.1, 0.15) is 6.04 Å². The first kappa shape index (κ1) is 20.9. The fourth-order valence-electron chi connectivity index (χ4n) is 2.00. The van der Waals surface area contributed by atoms with Crippen LogP contribution in [0.2, 0.25) is 0 Å². The minimum atomic E-state index is -4.68. The van der Waals surface area contributed by atoms with Crippen LogP contribution in [0.5, 0.6) is 0 Å². The van der Waals surface area contributed by atoms with Crippen LogP contribution >= 0.6 is 19.6 Å². The van der Waals surface area contributed by atoms with Gasteiger partial charge >= 0.3 is 13.8 Å². The van der Waals surface area contributed by atoms with Crippen molar-refractivity contribution < 1.29 is 33.6 Å². The molecule has 4 N–H and O–H groups in total. The molecule has 0 saturated heterocycles. The Balaban J connectivity index is 2.92. The van der Waals surface area contributed by atoms with Gasteiger partial charge in [-0.1, -0.05) is 0 Å². The number of carbonyl (C=O) groups excluding carboxylic acids is 1. The zero-order valence-electron chi connectivity index (χ0n) is 13.3. The normalized spacial score (nSPS) is 23.0. The molecule has 24 heavy (non-hydrogen) atoms. The monoisotopic (exact) mass is 380 g/mol. The number of carboxylic acids is 1. The summed E-state index contributed by atoms with van der Waals surface area (Å²) in [5.41, 5.74) is 0.277. The van der Waals surface area contributed by atoms with Crippen molar-refractivity contribution in [1.82, 2.24) is 5.32 Å². The molecule has 9 nitrogen and oxygen atoms in total. The molecule has 11 heteroatoms. The molecule has 0 radical (unpaired) electrons. The second-order valence-corrected chi connectivity index (χ2v) is 7.41. The molecule has 1 aliphatic heterocycles. The number of aliphatic carboxylic acids is 1. The van der Waals surface area contributed by atoms with Crippen LogP contribution in [0.3, 0.4) is 0 Å². The van der Waals surface area contributed by atoms with Crippen LogP contribution in [-0.4, -0.2) is 63.6 Å². The standard InChI is InChI=1S/C13H21N2O7PS/c1-8-12(16)10(6-15-11(13(17)18)3-4-24-2)9(5-14-8)7-22-23(19,20)21/h5-6,8,10-11,14H,3-4,7H2,1-2H3,(H,17,18)(H2,19,20,21). The maximum Gasteiger partial charge on any atom is 0.469 e. The lowest BCUT2D eigenvalue weighted by Crippen LogP contribution is -2.42. The Kier molecular flexibility index (Phi) is 8.11. The Labute approximate surface area is 143 Å². The molecule has 0 amide bonds. The van der Waals surface area contributed by atoms with Crippen molar-refractivity contribution >= 4 is 37.6 Å². The first-order valence-electron chi connectivity index (χ1n) is 7.09. The quantitative estimate of drug-likeness (QED) is 0.330. The molecule has 3 atom stereocenters. The Bertz CT molecular complexity index is 575. The van der Waals surface area contributed by atoms with Gasteiger partial charge in [-0.15, -0.1) is 0 Å². The van der Waals surface area contributed by atoms with Crippen LogP contribution < -0.4 is 5.32 Å². The highest BCUT2D eigenvalue weighted by molar-refractivity contribution is 7.98. The lowest BCUT2D eigenvalue weighted by atomic mass is 9.90. The molecule has 0 spiro atoms. The van der Waals surface area contributed by atoms with Crippen molar-refractivity contribution in [2.45, 2.75) is 25.4 Å². The maximum absolute atomic E-state index is 12.3. The van der Waals surface area contributed by atoms with E-state index in [0.29, 0.717) is 12.2 Å². The number of Topliss-reactive ketones (excluding diaryl/α,β-unsaturated/α-hetero) is 1. The number of thioether (sulfide) groups is 1. The van der Waals surface area contributed by atoms with Crippen molar-refractivity contribution in [3.8, 4) is 0 Å². The average molecular weight is 380 g/mol. The molecular weight excluding hydrogens is 359 g/mol. The molecule has 3 unspecified atom stereocenters. The highest BCUT2D eigenvalue weighted by atomic mass is 32.2. The number of phosphoric ester groups is 1. The van der Waals surface area contributed by atoms with Gasteiger partial charge in [-0.3, -0.25) is 14.3 Å². The molecule has 0 aromatic heterocycles. The zero-order valence-corrected chi connectivity index (χ0v) is 15.0. The molecule has 0 aromatic rings. The van der Waals surface area contributed by atoms with Gasteiger partial charge in [-0.25, -0.2) is 9.36 Å². The van der Waals surface area contributed by atoms with E-state index in [0.717, 1.165) is 0 Å². The zero-order chi connectivity index (χ0) is 18.3. The summed E-state index contributed by atoms with van der Waals surface area (Å²) in [6, 6.07) is -1.49. The van der Waals surface area contributed by atoms with E-state index in [1.54, 1.807) is 6.92 Å². The van der Waals surface area contributed by atoms with Crippen molar-refractivity contribution in [2.75, 3.05) is 18.6 Å². The summed E-state index contributed by atoms with van der Waals surface area (Å²) < 4.78 is 15.3. The fourth-order valence-corrected chi connectivity index (χ4v) is 2.77. The van der Waals surface area contributed by atoms with Crippen LogP contribution in [0.15, 0.2) is 16.8 Å². The summed E-state index contributed by atoms with van der Waals surface area (Å²) in [5.74, 6) is -1.65. The predicted octanol–water partition coefficient (Wildman–Crippen LogP) is 0.434. The fraction of sp³-hybridized carbons (Fsp3) is 0.615. The Hall–Kier alpha value is -1.19. The number of nitrogens with one attached hydrogen (secondary N) is 1. The van der Waals surface area contributed by atoms with Crippen LogP contribution in [0, 0.1) is 5.92 Å². The Morgan fingerprint density at radius 1 is 1.58 bits per heavy atom. The maximum atomic E-state index is 12.3. The van der Waals surface area contributed by atoms with Crippen molar-refractivity contribution in [3.05, 3.63) is 11.8 Å². The minimum absolute atomic E-state index is 0.277. The van der Waals surface area contributed by atoms with E-state index in [1.165, 1.54) is 24.2 Å². The van der Waals surface area contributed by atoms with E-state index in [4.69, 9.17) is 14.9 Å². The number of hydrogen-bond acceptors (Lipinski definition) is 7. The van der Waals surface area contributed by atoms with Gasteiger partial charge < -0.3 is 20.2 Å². The first-order valence-corrected chi connectivity index (χ1v) is 10.0. The molecule has 1 aliphatic rings. The number of phosphoric acid groups is 1. The van der Waals surface area contributed by atoms with Gasteiger partial charge in [-0.05, 0) is 37.1 Å². The molecule has 0 bridgehead atoms. The number of rotatable bonds is 9. The highest BCUT2D eigenvalue weighted by Gasteiger charge is 2.31. The smallest absolute Gasteiger partial charge is 0.469 e. The van der Waals surface area contributed by atoms with E-state index in [-0.39, 0.29) is 11.4 Å². The van der Waals surface area contributed by atoms with E-state index in [1.807, 2.05) is 6.26 Å².